The number of aromatic amines is 1. The summed E-state index contributed by atoms with van der Waals surface area (Å²) in [5.74, 6) is 0.269. The first kappa shape index (κ1) is 18.0. The smallest absolute Gasteiger partial charge is 0.313 e. The highest BCUT2D eigenvalue weighted by molar-refractivity contribution is 7.18. The van der Waals surface area contributed by atoms with Crippen LogP contribution in [0.2, 0.25) is 5.02 Å². The van der Waals surface area contributed by atoms with Crippen LogP contribution in [0.5, 0.6) is 5.75 Å². The van der Waals surface area contributed by atoms with Crippen LogP contribution in [0.15, 0.2) is 23.0 Å². The van der Waals surface area contributed by atoms with Crippen molar-refractivity contribution in [2.45, 2.75) is 26.9 Å². The van der Waals surface area contributed by atoms with Crippen molar-refractivity contribution in [2.75, 3.05) is 6.61 Å². The average molecular weight is 405 g/mol. The summed E-state index contributed by atoms with van der Waals surface area (Å²) in [5, 5.41) is 1.20. The third-order valence-corrected chi connectivity index (χ3v) is 6.04. The zero-order chi connectivity index (χ0) is 19.1. The largest absolute Gasteiger partial charge is 0.492 e. The lowest BCUT2D eigenvalue weighted by atomic mass is 9.97. The summed E-state index contributed by atoms with van der Waals surface area (Å²) in [5.41, 5.74) is 1.61. The minimum atomic E-state index is -0.419. The van der Waals surface area contributed by atoms with Gasteiger partial charge in [-0.3, -0.25) is 9.59 Å². The maximum absolute atomic E-state index is 12.4. The zero-order valence-corrected chi connectivity index (χ0v) is 16.4. The molecule has 0 radical (unpaired) electrons. The molecule has 0 bridgehead atoms. The number of carbonyl (C=O) groups excluding carboxylic acids is 1. The van der Waals surface area contributed by atoms with Gasteiger partial charge in [0.25, 0.3) is 5.56 Å². The Kier molecular flexibility index (Phi) is 4.65. The van der Waals surface area contributed by atoms with E-state index in [2.05, 4.69) is 9.97 Å². The van der Waals surface area contributed by atoms with Crippen LogP contribution >= 0.6 is 22.9 Å². The molecular formula is C19H17ClN2O4S. The standard InChI is InChI=1S/C19H17ClN2O4S/c1-9-10(2)27-18-16(9)17(23)21-15(22-18)8-26-19(24)12-5-11-6-13(20)3-4-14(11)25-7-12/h3-4,6,12H,5,7-8H2,1-2H3,(H,21,22,23). The fourth-order valence-corrected chi connectivity index (χ4v) is 4.38. The minimum Gasteiger partial charge on any atom is -0.492 e. The van der Waals surface area contributed by atoms with E-state index in [0.717, 1.165) is 21.8 Å². The molecule has 0 aliphatic carbocycles. The molecule has 0 spiro atoms. The van der Waals surface area contributed by atoms with Gasteiger partial charge in [-0.1, -0.05) is 11.6 Å². The fourth-order valence-electron chi connectivity index (χ4n) is 3.14. The number of fused-ring (bicyclic) bond motifs is 2. The van der Waals surface area contributed by atoms with Crippen molar-refractivity contribution in [2.24, 2.45) is 5.92 Å². The molecule has 0 saturated carbocycles. The number of hydrogen-bond acceptors (Lipinski definition) is 6. The molecule has 4 rings (SSSR count). The number of ether oxygens (including phenoxy) is 2. The second-order valence-corrected chi connectivity index (χ2v) is 8.19. The van der Waals surface area contributed by atoms with Gasteiger partial charge >= 0.3 is 5.97 Å². The molecule has 0 amide bonds. The van der Waals surface area contributed by atoms with Crippen molar-refractivity contribution in [1.29, 1.82) is 0 Å². The molecule has 1 N–H and O–H groups in total. The molecule has 8 heteroatoms. The van der Waals surface area contributed by atoms with E-state index in [-0.39, 0.29) is 24.7 Å². The molecule has 1 aliphatic rings. The summed E-state index contributed by atoms with van der Waals surface area (Å²) in [7, 11) is 0. The van der Waals surface area contributed by atoms with Crippen molar-refractivity contribution >= 4 is 39.1 Å². The fraction of sp³-hybridized carbons (Fsp3) is 0.316. The first-order chi connectivity index (χ1) is 12.9. The third-order valence-electron chi connectivity index (χ3n) is 4.70. The number of carbonyl (C=O) groups is 1. The Morgan fingerprint density at radius 1 is 1.44 bits per heavy atom. The molecule has 1 atom stereocenters. The molecule has 1 aromatic carbocycles. The molecule has 1 unspecified atom stereocenters. The number of hydrogen-bond donors (Lipinski definition) is 1. The number of H-pyrrole nitrogens is 1. The van der Waals surface area contributed by atoms with Crippen LogP contribution < -0.4 is 10.3 Å². The topological polar surface area (TPSA) is 81.3 Å². The number of nitrogens with zero attached hydrogens (tertiary/aromatic N) is 1. The van der Waals surface area contributed by atoms with Crippen molar-refractivity contribution < 1.29 is 14.3 Å². The van der Waals surface area contributed by atoms with Gasteiger partial charge in [0.15, 0.2) is 0 Å². The van der Waals surface area contributed by atoms with Gasteiger partial charge in [-0.25, -0.2) is 4.98 Å². The molecule has 0 fully saturated rings. The maximum atomic E-state index is 12.4. The monoisotopic (exact) mass is 404 g/mol. The van der Waals surface area contributed by atoms with Crippen LogP contribution in [0.25, 0.3) is 10.2 Å². The third kappa shape index (κ3) is 3.44. The van der Waals surface area contributed by atoms with Crippen LogP contribution in [-0.2, 0) is 22.6 Å². The lowest BCUT2D eigenvalue weighted by molar-refractivity contribution is -0.151. The van der Waals surface area contributed by atoms with E-state index in [1.807, 2.05) is 13.8 Å². The molecule has 1 aliphatic heterocycles. The van der Waals surface area contributed by atoms with Crippen LogP contribution in [0.4, 0.5) is 0 Å². The highest BCUT2D eigenvalue weighted by Crippen LogP contribution is 2.30. The van der Waals surface area contributed by atoms with E-state index in [9.17, 15) is 9.59 Å². The maximum Gasteiger partial charge on any atom is 0.313 e. The van der Waals surface area contributed by atoms with E-state index >= 15 is 0 Å². The molecule has 27 heavy (non-hydrogen) atoms. The molecule has 3 aromatic rings. The van der Waals surface area contributed by atoms with Crippen molar-refractivity contribution in [3.63, 3.8) is 0 Å². The van der Waals surface area contributed by atoms with Crippen molar-refractivity contribution in [3.8, 4) is 5.75 Å². The lowest BCUT2D eigenvalue weighted by Crippen LogP contribution is -2.30. The van der Waals surface area contributed by atoms with Gasteiger partial charge in [-0.2, -0.15) is 0 Å². The Labute approximate surface area is 164 Å². The molecular weight excluding hydrogens is 388 g/mol. The summed E-state index contributed by atoms with van der Waals surface area (Å²) >= 11 is 7.47. The Morgan fingerprint density at radius 3 is 3.07 bits per heavy atom. The first-order valence-corrected chi connectivity index (χ1v) is 9.68. The predicted octanol–water partition coefficient (Wildman–Crippen LogP) is 3.55. The highest BCUT2D eigenvalue weighted by atomic mass is 35.5. The Balaban J connectivity index is 1.47. The Morgan fingerprint density at radius 2 is 2.26 bits per heavy atom. The van der Waals surface area contributed by atoms with Gasteiger partial charge in [-0.05, 0) is 49.6 Å². The summed E-state index contributed by atoms with van der Waals surface area (Å²) in [6.07, 6.45) is 0.501. The quantitative estimate of drug-likeness (QED) is 0.675. The number of thiophene rings is 1. The number of nitrogens with one attached hydrogen (secondary N) is 1. The summed E-state index contributed by atoms with van der Waals surface area (Å²) < 4.78 is 11.0. The van der Waals surface area contributed by atoms with Crippen LogP contribution in [0.3, 0.4) is 0 Å². The summed E-state index contributed by atoms with van der Waals surface area (Å²) in [6, 6.07) is 5.35. The van der Waals surface area contributed by atoms with Gasteiger partial charge in [-0.15, -0.1) is 11.3 Å². The normalized spacial score (nSPS) is 16.0. The van der Waals surface area contributed by atoms with Gasteiger partial charge in [0.05, 0.1) is 11.3 Å². The molecule has 0 saturated heterocycles. The number of aromatic nitrogens is 2. The van der Waals surface area contributed by atoms with Crippen LogP contribution in [0.1, 0.15) is 21.8 Å². The van der Waals surface area contributed by atoms with Gasteiger partial charge in [0, 0.05) is 9.90 Å². The molecule has 2 aromatic heterocycles. The van der Waals surface area contributed by atoms with Gasteiger partial charge in [0.1, 0.15) is 29.6 Å². The van der Waals surface area contributed by atoms with E-state index in [4.69, 9.17) is 21.1 Å². The second kappa shape index (κ2) is 6.98. The summed E-state index contributed by atoms with van der Waals surface area (Å²) in [4.78, 5) is 33.5. The first-order valence-electron chi connectivity index (χ1n) is 8.49. The molecule has 140 valence electrons. The lowest BCUT2D eigenvalue weighted by Gasteiger charge is -2.24. The number of aryl methyl sites for hydroxylation is 2. The van der Waals surface area contributed by atoms with E-state index in [0.29, 0.717) is 27.5 Å². The second-order valence-electron chi connectivity index (χ2n) is 6.55. The number of rotatable bonds is 3. The zero-order valence-electron chi connectivity index (χ0n) is 14.8. The van der Waals surface area contributed by atoms with Gasteiger partial charge in [0.2, 0.25) is 0 Å². The Bertz CT molecular complexity index is 1110. The van der Waals surface area contributed by atoms with E-state index in [1.165, 1.54) is 11.3 Å². The minimum absolute atomic E-state index is 0.0844. The van der Waals surface area contributed by atoms with Crippen LogP contribution in [-0.4, -0.2) is 22.5 Å². The highest BCUT2D eigenvalue weighted by Gasteiger charge is 2.27. The number of benzene rings is 1. The average Bonchev–Trinajstić information content (AvgIpc) is 2.93. The van der Waals surface area contributed by atoms with Crippen molar-refractivity contribution in [3.05, 3.63) is 55.4 Å². The van der Waals surface area contributed by atoms with Gasteiger partial charge < -0.3 is 14.5 Å². The molecule has 6 nitrogen and oxygen atoms in total. The predicted molar refractivity (Wildman–Crippen MR) is 104 cm³/mol. The van der Waals surface area contributed by atoms with Crippen LogP contribution in [0, 0.1) is 19.8 Å². The van der Waals surface area contributed by atoms with E-state index in [1.54, 1.807) is 18.2 Å². The number of esters is 1. The van der Waals surface area contributed by atoms with Crippen molar-refractivity contribution in [1.82, 2.24) is 9.97 Å². The SMILES string of the molecule is Cc1sc2nc(COC(=O)C3COc4ccc(Cl)cc4C3)[nH]c(=O)c2c1C. The Hall–Kier alpha value is -2.38. The summed E-state index contributed by atoms with van der Waals surface area (Å²) in [6.45, 7) is 4.02. The molecule has 3 heterocycles. The number of halogens is 1. The van der Waals surface area contributed by atoms with E-state index < -0.39 is 5.92 Å².